The Hall–Kier alpha value is -0.260. The lowest BCUT2D eigenvalue weighted by Gasteiger charge is -2.21. The van der Waals surface area contributed by atoms with Crippen LogP contribution in [-0.2, 0) is 0 Å². The smallest absolute Gasteiger partial charge is 0.0234 e. The monoisotopic (exact) mass is 212 g/mol. The summed E-state index contributed by atoms with van der Waals surface area (Å²) in [6.07, 6.45) is 9.90. The van der Waals surface area contributed by atoms with Crippen molar-refractivity contribution in [2.75, 3.05) is 0 Å². The van der Waals surface area contributed by atoms with Gasteiger partial charge in [-0.3, -0.25) is 0 Å². The topological polar surface area (TPSA) is 0 Å². The van der Waals surface area contributed by atoms with Gasteiger partial charge in [0.2, 0.25) is 0 Å². The molecule has 92 valence electrons. The Morgan fingerprint density at radius 2 is 1.60 bits per heavy atom. The van der Waals surface area contributed by atoms with Gasteiger partial charge in [-0.2, -0.15) is 0 Å². The predicted molar refractivity (Wildman–Crippen MR) is 73.2 cm³/mol. The van der Waals surface area contributed by atoms with E-state index in [0.717, 1.165) is 5.92 Å². The van der Waals surface area contributed by atoms with Crippen molar-refractivity contribution in [1.29, 1.82) is 0 Å². The first kappa shape index (κ1) is 17.1. The lowest BCUT2D eigenvalue weighted by Crippen LogP contribution is -2.08. The van der Waals surface area contributed by atoms with E-state index in [0.29, 0.717) is 5.41 Å². The molecule has 0 heteroatoms. The maximum absolute atomic E-state index is 2.37. The van der Waals surface area contributed by atoms with E-state index in [1.807, 2.05) is 13.8 Å². The van der Waals surface area contributed by atoms with Gasteiger partial charge in [-0.15, -0.1) is 0 Å². The zero-order valence-corrected chi connectivity index (χ0v) is 12.1. The molecule has 1 unspecified atom stereocenters. The molecule has 0 nitrogen and oxygen atoms in total. The largest absolute Gasteiger partial charge is 0.0914 e. The van der Waals surface area contributed by atoms with Gasteiger partial charge in [-0.1, -0.05) is 60.1 Å². The lowest BCUT2D eigenvalue weighted by molar-refractivity contribution is 0.334. The molecular weight excluding hydrogens is 180 g/mol. The molecule has 0 amide bonds. The predicted octanol–water partition coefficient (Wildman–Crippen LogP) is 5.83. The van der Waals surface area contributed by atoms with E-state index in [1.165, 1.54) is 25.7 Å². The molecule has 0 aliphatic heterocycles. The molecule has 0 spiro atoms. The molecule has 15 heavy (non-hydrogen) atoms. The van der Waals surface area contributed by atoms with Crippen LogP contribution in [0.1, 0.15) is 74.1 Å². The van der Waals surface area contributed by atoms with Gasteiger partial charge in [0.25, 0.3) is 0 Å². The third-order valence-corrected chi connectivity index (χ3v) is 2.39. The van der Waals surface area contributed by atoms with E-state index >= 15 is 0 Å². The van der Waals surface area contributed by atoms with Crippen molar-refractivity contribution >= 4 is 0 Å². The third-order valence-electron chi connectivity index (χ3n) is 2.39. The maximum Gasteiger partial charge on any atom is -0.0234 e. The minimum Gasteiger partial charge on any atom is -0.0914 e. The molecular formula is C15H32. The fraction of sp³-hybridized carbons (Fsp3) is 0.867. The number of allylic oxidation sites excluding steroid dienone is 2. The molecule has 0 saturated carbocycles. The number of hydrogen-bond donors (Lipinski definition) is 0. The molecule has 0 saturated heterocycles. The van der Waals surface area contributed by atoms with Crippen LogP contribution in [-0.4, -0.2) is 0 Å². The van der Waals surface area contributed by atoms with Gasteiger partial charge < -0.3 is 0 Å². The summed E-state index contributed by atoms with van der Waals surface area (Å²) in [5, 5.41) is 0. The van der Waals surface area contributed by atoms with Gasteiger partial charge >= 0.3 is 0 Å². The van der Waals surface area contributed by atoms with E-state index in [1.54, 1.807) is 0 Å². The van der Waals surface area contributed by atoms with E-state index < -0.39 is 0 Å². The molecule has 0 heterocycles. The highest BCUT2D eigenvalue weighted by Crippen LogP contribution is 2.26. The highest BCUT2D eigenvalue weighted by molar-refractivity contribution is 4.86. The molecule has 0 aromatic heterocycles. The molecule has 0 fully saturated rings. The molecule has 0 aliphatic carbocycles. The van der Waals surface area contributed by atoms with E-state index in [4.69, 9.17) is 0 Å². The second kappa shape index (κ2) is 10.3. The van der Waals surface area contributed by atoms with Gasteiger partial charge in [0.15, 0.2) is 0 Å². The van der Waals surface area contributed by atoms with Crippen molar-refractivity contribution in [1.82, 2.24) is 0 Å². The highest BCUT2D eigenvalue weighted by Gasteiger charge is 2.12. The molecule has 0 aromatic rings. The van der Waals surface area contributed by atoms with Crippen molar-refractivity contribution in [3.63, 3.8) is 0 Å². The van der Waals surface area contributed by atoms with E-state index in [9.17, 15) is 0 Å². The van der Waals surface area contributed by atoms with Crippen LogP contribution < -0.4 is 0 Å². The van der Waals surface area contributed by atoms with Crippen LogP contribution in [0.3, 0.4) is 0 Å². The molecule has 1 atom stereocenters. The van der Waals surface area contributed by atoms with Crippen molar-refractivity contribution in [3.05, 3.63) is 12.2 Å². The summed E-state index contributed by atoms with van der Waals surface area (Å²) in [5.41, 5.74) is 0.494. The van der Waals surface area contributed by atoms with Crippen LogP contribution in [0, 0.1) is 11.3 Å². The average molecular weight is 212 g/mol. The minimum absolute atomic E-state index is 0.494. The molecule has 0 rings (SSSR count). The van der Waals surface area contributed by atoms with Crippen LogP contribution in [0.25, 0.3) is 0 Å². The Morgan fingerprint density at radius 3 is 1.93 bits per heavy atom. The van der Waals surface area contributed by atoms with Crippen LogP contribution in [0.5, 0.6) is 0 Å². The Labute approximate surface area is 98.2 Å². The normalized spacial score (nSPS) is 13.5. The molecule has 0 N–H and O–H groups in total. The fourth-order valence-corrected chi connectivity index (χ4v) is 1.60. The van der Waals surface area contributed by atoms with Crippen molar-refractivity contribution < 1.29 is 0 Å². The van der Waals surface area contributed by atoms with E-state index in [-0.39, 0.29) is 0 Å². The summed E-state index contributed by atoms with van der Waals surface area (Å²) in [4.78, 5) is 0. The van der Waals surface area contributed by atoms with Gasteiger partial charge in [-0.05, 0) is 37.5 Å². The third kappa shape index (κ3) is 13.7. The van der Waals surface area contributed by atoms with Crippen LogP contribution in [0.15, 0.2) is 12.2 Å². The quantitative estimate of drug-likeness (QED) is 0.503. The Kier molecular flexibility index (Phi) is 11.7. The maximum atomic E-state index is 2.37. The standard InChI is InChI=1S/C13H26.C2H6/c1-6-8-12(9-7-2)10-11-13(3,4)5;1-2/h6,8,12H,7,9-11H2,1-5H3;1-2H3/b8-6-;. The average Bonchev–Trinajstić information content (AvgIpc) is 2.17. The van der Waals surface area contributed by atoms with Crippen LogP contribution in [0.2, 0.25) is 0 Å². The first-order valence-electron chi connectivity index (χ1n) is 6.62. The first-order valence-corrected chi connectivity index (χ1v) is 6.62. The second-order valence-electron chi connectivity index (χ2n) is 5.17. The Morgan fingerprint density at radius 1 is 1.07 bits per heavy atom. The molecule has 0 aliphatic rings. The Balaban J connectivity index is 0. The number of hydrogen-bond acceptors (Lipinski definition) is 0. The zero-order valence-electron chi connectivity index (χ0n) is 12.1. The summed E-state index contributed by atoms with van der Waals surface area (Å²) in [7, 11) is 0. The molecule has 0 aromatic carbocycles. The first-order chi connectivity index (χ1) is 6.99. The molecule has 0 bridgehead atoms. The van der Waals surface area contributed by atoms with Gasteiger partial charge in [0.1, 0.15) is 0 Å². The summed E-state index contributed by atoms with van der Waals surface area (Å²) in [6.45, 7) is 15.4. The van der Waals surface area contributed by atoms with Crippen LogP contribution >= 0.6 is 0 Å². The highest BCUT2D eigenvalue weighted by atomic mass is 14.2. The second-order valence-corrected chi connectivity index (χ2v) is 5.17. The van der Waals surface area contributed by atoms with Gasteiger partial charge in [0.05, 0.1) is 0 Å². The summed E-state index contributed by atoms with van der Waals surface area (Å²) < 4.78 is 0. The van der Waals surface area contributed by atoms with Crippen molar-refractivity contribution in [3.8, 4) is 0 Å². The summed E-state index contributed by atoms with van der Waals surface area (Å²) in [5.74, 6) is 0.814. The Bertz CT molecular complexity index is 137. The van der Waals surface area contributed by atoms with Gasteiger partial charge in [0, 0.05) is 0 Å². The molecule has 0 radical (unpaired) electrons. The lowest BCUT2D eigenvalue weighted by atomic mass is 9.85. The summed E-state index contributed by atoms with van der Waals surface area (Å²) in [6, 6.07) is 0. The zero-order chi connectivity index (χ0) is 12.3. The van der Waals surface area contributed by atoms with Crippen molar-refractivity contribution in [2.24, 2.45) is 11.3 Å². The van der Waals surface area contributed by atoms with Gasteiger partial charge in [-0.25, -0.2) is 0 Å². The van der Waals surface area contributed by atoms with Crippen molar-refractivity contribution in [2.45, 2.75) is 74.1 Å². The fourth-order valence-electron chi connectivity index (χ4n) is 1.60. The number of rotatable bonds is 5. The van der Waals surface area contributed by atoms with E-state index in [2.05, 4.69) is 46.8 Å². The van der Waals surface area contributed by atoms with Crippen LogP contribution in [0.4, 0.5) is 0 Å². The SMILES string of the molecule is C/C=C\C(CCC)CCC(C)(C)C.CC. The summed E-state index contributed by atoms with van der Waals surface area (Å²) >= 11 is 0. The minimum atomic E-state index is 0.494.